The zero-order valence-corrected chi connectivity index (χ0v) is 15.3. The number of aromatic nitrogens is 3. The predicted octanol–water partition coefficient (Wildman–Crippen LogP) is 2.65. The van der Waals surface area contributed by atoms with Crippen molar-refractivity contribution in [3.05, 3.63) is 41.9 Å². The molecule has 2 rings (SSSR count). The second kappa shape index (κ2) is 8.71. The number of fused-ring (bicyclic) bond motifs is 1. The smallest absolute Gasteiger partial charge is 0.154 e. The lowest BCUT2D eigenvalue weighted by molar-refractivity contribution is 0.210. The van der Waals surface area contributed by atoms with E-state index < -0.39 is 5.67 Å². The molecular weight excluding hydrogens is 319 g/mol. The van der Waals surface area contributed by atoms with Crippen molar-refractivity contribution in [1.82, 2.24) is 25.3 Å². The fraction of sp³-hybridized carbons (Fsp3) is 0.500. The standard InChI is InChI=1S/C18H27FN6/c1-14(2)24-21-8-6-5-7-16-12-25-17(23-16)9-15(11-22-25)10-20-13-18(3,4)19/h5-6,8-9,11-12,14,20,24H,7,10,13H2,1-4H3/b6-5+,21-8-. The number of halogens is 1. The maximum atomic E-state index is 13.5. The van der Waals surface area contributed by atoms with Gasteiger partial charge in [-0.1, -0.05) is 6.08 Å². The molecule has 0 aromatic carbocycles. The molecule has 0 amide bonds. The summed E-state index contributed by atoms with van der Waals surface area (Å²) < 4.78 is 15.2. The number of hydrogen-bond acceptors (Lipinski definition) is 5. The first kappa shape index (κ1) is 19.1. The summed E-state index contributed by atoms with van der Waals surface area (Å²) in [7, 11) is 0. The molecule has 6 nitrogen and oxygen atoms in total. The van der Waals surface area contributed by atoms with Gasteiger partial charge in [-0.25, -0.2) is 13.9 Å². The summed E-state index contributed by atoms with van der Waals surface area (Å²) in [5.74, 6) is 0. The summed E-state index contributed by atoms with van der Waals surface area (Å²) in [5.41, 5.74) is 4.44. The molecule has 0 unspecified atom stereocenters. The van der Waals surface area contributed by atoms with Crippen LogP contribution in [0.5, 0.6) is 0 Å². The average Bonchev–Trinajstić information content (AvgIpc) is 2.91. The van der Waals surface area contributed by atoms with Crippen LogP contribution < -0.4 is 10.7 Å². The highest BCUT2D eigenvalue weighted by Gasteiger charge is 2.14. The van der Waals surface area contributed by atoms with Crippen molar-refractivity contribution in [1.29, 1.82) is 0 Å². The number of hydrazone groups is 1. The number of hydrogen-bond donors (Lipinski definition) is 2. The zero-order chi connectivity index (χ0) is 18.3. The van der Waals surface area contributed by atoms with Gasteiger partial charge in [0, 0.05) is 31.8 Å². The minimum Gasteiger partial charge on any atom is -0.309 e. The number of nitrogens with zero attached hydrogens (tertiary/aromatic N) is 4. The van der Waals surface area contributed by atoms with E-state index in [2.05, 4.69) is 25.9 Å². The molecule has 2 N–H and O–H groups in total. The fourth-order valence-corrected chi connectivity index (χ4v) is 2.15. The first-order valence-corrected chi connectivity index (χ1v) is 8.50. The van der Waals surface area contributed by atoms with Crippen LogP contribution in [0, 0.1) is 0 Å². The molecule has 2 aromatic rings. The van der Waals surface area contributed by atoms with Crippen LogP contribution >= 0.6 is 0 Å². The van der Waals surface area contributed by atoms with Crippen molar-refractivity contribution in [2.24, 2.45) is 5.10 Å². The predicted molar refractivity (Wildman–Crippen MR) is 99.5 cm³/mol. The fourth-order valence-electron chi connectivity index (χ4n) is 2.15. The largest absolute Gasteiger partial charge is 0.309 e. The molecule has 0 atom stereocenters. The van der Waals surface area contributed by atoms with E-state index in [1.807, 2.05) is 38.3 Å². The van der Waals surface area contributed by atoms with Crippen LogP contribution in [-0.4, -0.2) is 39.1 Å². The molecule has 2 heterocycles. The Balaban J connectivity index is 1.91. The second-order valence-corrected chi connectivity index (χ2v) is 6.92. The summed E-state index contributed by atoms with van der Waals surface area (Å²) in [5, 5.41) is 11.5. The minimum absolute atomic E-state index is 0.301. The van der Waals surface area contributed by atoms with Crippen LogP contribution in [0.25, 0.3) is 5.65 Å². The Labute approximate surface area is 148 Å². The van der Waals surface area contributed by atoms with Crippen molar-refractivity contribution < 1.29 is 4.39 Å². The van der Waals surface area contributed by atoms with Crippen LogP contribution in [0.3, 0.4) is 0 Å². The van der Waals surface area contributed by atoms with E-state index in [1.54, 1.807) is 30.8 Å². The lowest BCUT2D eigenvalue weighted by Crippen LogP contribution is -2.30. The van der Waals surface area contributed by atoms with Gasteiger partial charge in [0.05, 0.1) is 18.1 Å². The second-order valence-electron chi connectivity index (χ2n) is 6.92. The third-order valence-corrected chi connectivity index (χ3v) is 3.26. The van der Waals surface area contributed by atoms with E-state index in [4.69, 9.17) is 0 Å². The lowest BCUT2D eigenvalue weighted by Gasteiger charge is -2.14. The number of allylic oxidation sites excluding steroid dienone is 2. The molecule has 0 radical (unpaired) electrons. The molecule has 0 bridgehead atoms. The van der Waals surface area contributed by atoms with Crippen LogP contribution in [0.1, 0.15) is 39.0 Å². The first-order valence-electron chi connectivity index (χ1n) is 8.50. The maximum absolute atomic E-state index is 13.5. The summed E-state index contributed by atoms with van der Waals surface area (Å²) in [6.45, 7) is 8.05. The van der Waals surface area contributed by atoms with E-state index >= 15 is 0 Å². The Morgan fingerprint density at radius 3 is 2.92 bits per heavy atom. The van der Waals surface area contributed by atoms with Gasteiger partial charge in [0.25, 0.3) is 0 Å². The Morgan fingerprint density at radius 2 is 2.20 bits per heavy atom. The molecular formula is C18H27FN6. The van der Waals surface area contributed by atoms with Crippen LogP contribution in [0.15, 0.2) is 35.7 Å². The monoisotopic (exact) mass is 346 g/mol. The highest BCUT2D eigenvalue weighted by Crippen LogP contribution is 2.09. The Hall–Kier alpha value is -2.28. The topological polar surface area (TPSA) is 66.6 Å². The zero-order valence-electron chi connectivity index (χ0n) is 15.3. The van der Waals surface area contributed by atoms with Gasteiger partial charge < -0.3 is 10.7 Å². The van der Waals surface area contributed by atoms with E-state index in [0.29, 0.717) is 25.6 Å². The van der Waals surface area contributed by atoms with E-state index in [1.165, 1.54) is 0 Å². The van der Waals surface area contributed by atoms with Crippen molar-refractivity contribution >= 4 is 11.9 Å². The van der Waals surface area contributed by atoms with E-state index in [-0.39, 0.29) is 0 Å². The van der Waals surface area contributed by atoms with Crippen LogP contribution in [-0.2, 0) is 13.0 Å². The van der Waals surface area contributed by atoms with Crippen LogP contribution in [0.4, 0.5) is 4.39 Å². The van der Waals surface area contributed by atoms with Crippen molar-refractivity contribution in [3.8, 4) is 0 Å². The van der Waals surface area contributed by atoms with E-state index in [9.17, 15) is 4.39 Å². The molecule has 0 aliphatic heterocycles. The number of imidazole rings is 1. The first-order chi connectivity index (χ1) is 11.8. The highest BCUT2D eigenvalue weighted by molar-refractivity contribution is 5.70. The normalized spacial score (nSPS) is 12.9. The lowest BCUT2D eigenvalue weighted by atomic mass is 10.2. The van der Waals surface area contributed by atoms with Gasteiger partial charge in [0.1, 0.15) is 5.67 Å². The quantitative estimate of drug-likeness (QED) is 0.541. The van der Waals surface area contributed by atoms with Crippen LogP contribution in [0.2, 0.25) is 0 Å². The van der Waals surface area contributed by atoms with Gasteiger partial charge >= 0.3 is 0 Å². The molecule has 0 saturated heterocycles. The Kier molecular flexibility index (Phi) is 6.64. The van der Waals surface area contributed by atoms with Crippen molar-refractivity contribution in [3.63, 3.8) is 0 Å². The summed E-state index contributed by atoms with van der Waals surface area (Å²) in [6.07, 6.45) is 10.0. The number of alkyl halides is 1. The maximum Gasteiger partial charge on any atom is 0.154 e. The molecule has 0 aliphatic carbocycles. The SMILES string of the molecule is CC(C)N/N=C\C=C\Cc1cn2ncc(CNCC(C)(C)F)cc2n1. The van der Waals surface area contributed by atoms with Gasteiger partial charge in [-0.2, -0.15) is 10.2 Å². The molecule has 2 aromatic heterocycles. The Bertz CT molecular complexity index is 727. The third kappa shape index (κ3) is 7.01. The summed E-state index contributed by atoms with van der Waals surface area (Å²) >= 11 is 0. The Morgan fingerprint density at radius 1 is 1.40 bits per heavy atom. The molecule has 0 fully saturated rings. The minimum atomic E-state index is -1.22. The number of nitrogens with one attached hydrogen (secondary N) is 2. The molecule has 7 heteroatoms. The highest BCUT2D eigenvalue weighted by atomic mass is 19.1. The van der Waals surface area contributed by atoms with Gasteiger partial charge in [-0.05, 0) is 45.4 Å². The van der Waals surface area contributed by atoms with Gasteiger partial charge in [-0.3, -0.25) is 0 Å². The summed E-state index contributed by atoms with van der Waals surface area (Å²) in [6, 6.07) is 2.29. The van der Waals surface area contributed by atoms with Gasteiger partial charge in [0.15, 0.2) is 5.65 Å². The van der Waals surface area contributed by atoms with Gasteiger partial charge in [-0.15, -0.1) is 0 Å². The third-order valence-electron chi connectivity index (χ3n) is 3.26. The van der Waals surface area contributed by atoms with Crippen molar-refractivity contribution in [2.75, 3.05) is 6.54 Å². The number of rotatable bonds is 9. The average molecular weight is 346 g/mol. The molecule has 0 spiro atoms. The van der Waals surface area contributed by atoms with E-state index in [0.717, 1.165) is 16.9 Å². The summed E-state index contributed by atoms with van der Waals surface area (Å²) in [4.78, 5) is 4.56. The molecule has 0 aliphatic rings. The molecule has 0 saturated carbocycles. The van der Waals surface area contributed by atoms with Crippen molar-refractivity contribution in [2.45, 2.75) is 52.4 Å². The molecule has 25 heavy (non-hydrogen) atoms. The molecule has 136 valence electrons. The van der Waals surface area contributed by atoms with Gasteiger partial charge in [0.2, 0.25) is 0 Å².